The summed E-state index contributed by atoms with van der Waals surface area (Å²) < 4.78 is 4.99. The third-order valence-corrected chi connectivity index (χ3v) is 5.75. The van der Waals surface area contributed by atoms with E-state index >= 15 is 0 Å². The fourth-order valence-corrected chi connectivity index (χ4v) is 3.30. The summed E-state index contributed by atoms with van der Waals surface area (Å²) in [5.74, 6) is 4.70. The smallest absolute Gasteiger partial charge is 0.278 e. The van der Waals surface area contributed by atoms with Crippen molar-refractivity contribution in [2.45, 2.75) is 25.0 Å². The Kier molecular flexibility index (Phi) is 9.39. The molecule has 0 aliphatic rings. The maximum absolute atomic E-state index is 12.4. The van der Waals surface area contributed by atoms with E-state index < -0.39 is 23.5 Å². The molecule has 180 valence electrons. The highest BCUT2D eigenvalue weighted by Crippen LogP contribution is 2.25. The summed E-state index contributed by atoms with van der Waals surface area (Å²) in [4.78, 5) is 26.0. The van der Waals surface area contributed by atoms with Gasteiger partial charge in [0, 0.05) is 51.1 Å². The predicted molar refractivity (Wildman–Crippen MR) is 130 cm³/mol. The minimum Gasteiger partial charge on any atom is -0.388 e. The largest absolute Gasteiger partial charge is 0.388 e. The van der Waals surface area contributed by atoms with Crippen molar-refractivity contribution < 1.29 is 24.6 Å². The van der Waals surface area contributed by atoms with E-state index in [1.54, 1.807) is 31.8 Å². The van der Waals surface area contributed by atoms with E-state index in [0.717, 1.165) is 16.7 Å². The molecule has 0 unspecified atom stereocenters. The van der Waals surface area contributed by atoms with E-state index in [2.05, 4.69) is 23.7 Å². The molecule has 0 heterocycles. The van der Waals surface area contributed by atoms with Crippen molar-refractivity contribution in [1.29, 1.82) is 0 Å². The molecule has 2 aromatic rings. The Labute approximate surface area is 200 Å². The molecule has 0 radical (unpaired) electrons. The average Bonchev–Trinajstić information content (AvgIpc) is 2.88. The Bertz CT molecular complexity index is 1050. The second-order valence-electron chi connectivity index (χ2n) is 7.84. The Morgan fingerprint density at radius 1 is 1.09 bits per heavy atom. The first-order valence-corrected chi connectivity index (χ1v) is 10.7. The lowest BCUT2D eigenvalue weighted by Gasteiger charge is -2.37. The molecule has 0 spiro atoms. The second kappa shape index (κ2) is 12.0. The molecule has 0 aliphatic heterocycles. The third-order valence-electron chi connectivity index (χ3n) is 5.75. The van der Waals surface area contributed by atoms with Crippen molar-refractivity contribution in [3.05, 3.63) is 77.4 Å². The number of ether oxygens (including phenoxy) is 1. The number of nitrogens with one attached hydrogen (secondary N) is 2. The van der Waals surface area contributed by atoms with Crippen LogP contribution in [0.15, 0.2) is 55.1 Å². The van der Waals surface area contributed by atoms with Gasteiger partial charge >= 0.3 is 0 Å². The summed E-state index contributed by atoms with van der Waals surface area (Å²) in [6, 6.07) is 14.6. The van der Waals surface area contributed by atoms with E-state index in [1.165, 1.54) is 18.9 Å². The van der Waals surface area contributed by atoms with Gasteiger partial charge in [-0.2, -0.15) is 0 Å². The number of methoxy groups -OCH3 is 1. The number of benzene rings is 2. The average molecular weight is 466 g/mol. The lowest BCUT2D eigenvalue weighted by atomic mass is 9.96. The van der Waals surface area contributed by atoms with Gasteiger partial charge in [0.05, 0.1) is 6.10 Å². The Morgan fingerprint density at radius 2 is 1.62 bits per heavy atom. The Morgan fingerprint density at radius 3 is 2.09 bits per heavy atom. The highest BCUT2D eigenvalue weighted by atomic mass is 16.5. The van der Waals surface area contributed by atoms with Crippen molar-refractivity contribution in [1.82, 2.24) is 15.7 Å². The number of aliphatic hydroxyl groups excluding tert-OH is 1. The molecular weight excluding hydrogens is 434 g/mol. The van der Waals surface area contributed by atoms with Gasteiger partial charge in [-0.3, -0.25) is 14.8 Å². The standard InChI is InChI=1S/C26H31N3O5/c1-18(29(4)26(2,24(31)27-3)25(32)28-33)21-12-8-19(9-13-21)6-7-20-10-14-22(15-11-20)23(30)16-17-34-5/h8-15,23,30,33H,1,16-17H2,2-5H3,(H,27,31)(H,28,32)/t23-,26+/m1/s1. The van der Waals surface area contributed by atoms with E-state index in [1.807, 2.05) is 36.4 Å². The van der Waals surface area contributed by atoms with Gasteiger partial charge in [0.1, 0.15) is 0 Å². The van der Waals surface area contributed by atoms with Gasteiger partial charge in [-0.05, 0) is 42.3 Å². The third kappa shape index (κ3) is 6.02. The van der Waals surface area contributed by atoms with Crippen LogP contribution in [-0.4, -0.2) is 60.4 Å². The highest BCUT2D eigenvalue weighted by Gasteiger charge is 2.45. The van der Waals surface area contributed by atoms with Crippen molar-refractivity contribution in [3.8, 4) is 11.8 Å². The van der Waals surface area contributed by atoms with Crippen molar-refractivity contribution in [3.63, 3.8) is 0 Å². The summed E-state index contributed by atoms with van der Waals surface area (Å²) in [5, 5.41) is 21.7. The quantitative estimate of drug-likeness (QED) is 0.195. The number of amides is 2. The Hall–Kier alpha value is -3.64. The van der Waals surface area contributed by atoms with E-state index in [-0.39, 0.29) is 0 Å². The molecule has 2 rings (SSSR count). The molecule has 8 nitrogen and oxygen atoms in total. The van der Waals surface area contributed by atoms with Gasteiger partial charge < -0.3 is 20.1 Å². The topological polar surface area (TPSA) is 111 Å². The second-order valence-corrected chi connectivity index (χ2v) is 7.84. The summed E-state index contributed by atoms with van der Waals surface area (Å²) in [6.07, 6.45) is -0.0455. The maximum atomic E-state index is 12.4. The van der Waals surface area contributed by atoms with Crippen LogP contribution in [0.3, 0.4) is 0 Å². The first-order chi connectivity index (χ1) is 16.2. The van der Waals surface area contributed by atoms with Crippen LogP contribution >= 0.6 is 0 Å². The number of rotatable bonds is 9. The predicted octanol–water partition coefficient (Wildman–Crippen LogP) is 2.07. The van der Waals surface area contributed by atoms with Gasteiger partial charge in [-0.1, -0.05) is 42.7 Å². The first kappa shape index (κ1) is 26.6. The van der Waals surface area contributed by atoms with Crippen LogP contribution < -0.4 is 10.8 Å². The molecule has 0 aliphatic carbocycles. The number of carbonyl (C=O) groups excluding carboxylic acids is 2. The summed E-state index contributed by atoms with van der Waals surface area (Å²) in [6.45, 7) is 5.89. The fourth-order valence-electron chi connectivity index (χ4n) is 3.30. The van der Waals surface area contributed by atoms with E-state index in [4.69, 9.17) is 9.94 Å². The molecule has 2 amide bonds. The van der Waals surface area contributed by atoms with Gasteiger partial charge in [-0.25, -0.2) is 5.48 Å². The van der Waals surface area contributed by atoms with Crippen LogP contribution in [0.5, 0.6) is 0 Å². The van der Waals surface area contributed by atoms with Crippen LogP contribution in [0.4, 0.5) is 0 Å². The molecule has 0 aromatic heterocycles. The normalized spacial score (nSPS) is 13.0. The fraction of sp³-hybridized carbons (Fsp3) is 0.308. The van der Waals surface area contributed by atoms with Crippen LogP contribution in [0, 0.1) is 11.8 Å². The number of carbonyl (C=O) groups is 2. The minimum absolute atomic E-state index is 0.414. The van der Waals surface area contributed by atoms with Crippen molar-refractivity contribution >= 4 is 17.5 Å². The maximum Gasteiger partial charge on any atom is 0.278 e. The molecule has 0 fully saturated rings. The number of hydrogen-bond acceptors (Lipinski definition) is 6. The van der Waals surface area contributed by atoms with Crippen LogP contribution in [-0.2, 0) is 14.3 Å². The first-order valence-electron chi connectivity index (χ1n) is 10.7. The summed E-state index contributed by atoms with van der Waals surface area (Å²) in [7, 11) is 4.56. The number of hydrogen-bond donors (Lipinski definition) is 4. The zero-order valence-electron chi connectivity index (χ0n) is 19.9. The van der Waals surface area contributed by atoms with Crippen LogP contribution in [0.1, 0.15) is 41.7 Å². The molecule has 0 saturated heterocycles. The Balaban J connectivity index is 2.15. The SMILES string of the molecule is C=C(c1ccc(C#Cc2ccc([C@H](O)CCOC)cc2)cc1)N(C)[C@@](C)(C(=O)NC)C(=O)NO. The zero-order chi connectivity index (χ0) is 25.3. The van der Waals surface area contributed by atoms with E-state index in [9.17, 15) is 14.7 Å². The molecule has 0 saturated carbocycles. The number of hydroxylamine groups is 1. The molecule has 34 heavy (non-hydrogen) atoms. The number of aliphatic hydroxyl groups is 1. The van der Waals surface area contributed by atoms with Gasteiger partial charge in [0.2, 0.25) is 0 Å². The van der Waals surface area contributed by atoms with Crippen LogP contribution in [0.2, 0.25) is 0 Å². The highest BCUT2D eigenvalue weighted by molar-refractivity contribution is 6.09. The molecule has 2 atom stereocenters. The molecule has 2 aromatic carbocycles. The van der Waals surface area contributed by atoms with Crippen LogP contribution in [0.25, 0.3) is 5.70 Å². The molecule has 4 N–H and O–H groups in total. The summed E-state index contributed by atoms with van der Waals surface area (Å²) in [5.41, 5.74) is 3.33. The van der Waals surface area contributed by atoms with Crippen molar-refractivity contribution in [2.75, 3.05) is 27.8 Å². The molecule has 8 heteroatoms. The zero-order valence-corrected chi connectivity index (χ0v) is 19.9. The minimum atomic E-state index is -1.71. The van der Waals surface area contributed by atoms with Crippen molar-refractivity contribution in [2.24, 2.45) is 0 Å². The van der Waals surface area contributed by atoms with Gasteiger partial charge in [0.25, 0.3) is 11.8 Å². The number of likely N-dealkylation sites (N-methyl/N-ethyl adjacent to an activating group) is 2. The van der Waals surface area contributed by atoms with E-state index in [0.29, 0.717) is 24.3 Å². The number of nitrogens with zero attached hydrogens (tertiary/aromatic N) is 1. The molecule has 0 bridgehead atoms. The molecular formula is C26H31N3O5. The lowest BCUT2D eigenvalue weighted by Crippen LogP contribution is -2.62. The summed E-state index contributed by atoms with van der Waals surface area (Å²) >= 11 is 0. The monoisotopic (exact) mass is 465 g/mol. The lowest BCUT2D eigenvalue weighted by molar-refractivity contribution is -0.147. The van der Waals surface area contributed by atoms with Gasteiger partial charge in [0.15, 0.2) is 5.54 Å². The van der Waals surface area contributed by atoms with Gasteiger partial charge in [-0.15, -0.1) is 0 Å².